The van der Waals surface area contributed by atoms with Crippen molar-refractivity contribution in [2.45, 2.75) is 24.9 Å². The highest BCUT2D eigenvalue weighted by atomic mass is 16.5. The highest BCUT2D eigenvalue weighted by Crippen LogP contribution is 2.55. The van der Waals surface area contributed by atoms with Gasteiger partial charge in [-0.1, -0.05) is 84.1 Å². The largest absolute Gasteiger partial charge is 0.489 e. The van der Waals surface area contributed by atoms with Crippen molar-refractivity contribution in [3.8, 4) is 33.7 Å². The molecule has 43 heavy (non-hydrogen) atoms. The third-order valence-electron chi connectivity index (χ3n) is 7.90. The second-order valence-corrected chi connectivity index (χ2v) is 10.9. The molecule has 0 bridgehead atoms. The monoisotopic (exact) mass is 567 g/mol. The lowest BCUT2D eigenvalue weighted by Gasteiger charge is -2.12. The van der Waals surface area contributed by atoms with Crippen LogP contribution in [0.2, 0.25) is 0 Å². The number of benzene rings is 4. The molecule has 2 heterocycles. The van der Waals surface area contributed by atoms with Crippen LogP contribution in [0.25, 0.3) is 27.9 Å². The van der Waals surface area contributed by atoms with Crippen molar-refractivity contribution in [1.82, 2.24) is 24.8 Å². The summed E-state index contributed by atoms with van der Waals surface area (Å²) in [7, 11) is 1.83. The summed E-state index contributed by atoms with van der Waals surface area (Å²) in [4.78, 5) is 12.1. The van der Waals surface area contributed by atoms with Gasteiger partial charge in [0.15, 0.2) is 0 Å². The minimum atomic E-state index is -0.984. The normalized spacial score (nSPS) is 15.7. The van der Waals surface area contributed by atoms with E-state index in [1.807, 2.05) is 80.0 Å². The highest BCUT2D eigenvalue weighted by Gasteiger charge is 2.46. The van der Waals surface area contributed by atoms with Crippen LogP contribution in [-0.4, -0.2) is 35.9 Å². The predicted octanol–water partition coefficient (Wildman–Crippen LogP) is 6.88. The first-order valence-electron chi connectivity index (χ1n) is 14.2. The molecule has 0 aliphatic heterocycles. The molecule has 1 N–H and O–H groups in total. The number of aromatic nitrogens is 5. The van der Waals surface area contributed by atoms with E-state index in [1.165, 1.54) is 17.3 Å². The van der Waals surface area contributed by atoms with Crippen LogP contribution in [0.5, 0.6) is 5.75 Å². The molecule has 1 aliphatic rings. The molecule has 1 aliphatic carbocycles. The molecule has 1 unspecified atom stereocenters. The second-order valence-electron chi connectivity index (χ2n) is 10.9. The van der Waals surface area contributed by atoms with Crippen LogP contribution < -0.4 is 4.74 Å². The van der Waals surface area contributed by atoms with Crippen LogP contribution in [-0.2, 0) is 13.7 Å². The van der Waals surface area contributed by atoms with Gasteiger partial charge in [0.25, 0.3) is 0 Å². The third-order valence-corrected chi connectivity index (χ3v) is 7.90. The Bertz CT molecular complexity index is 1910. The van der Waals surface area contributed by atoms with Crippen LogP contribution >= 0.6 is 0 Å². The Morgan fingerprint density at radius 1 is 0.860 bits per heavy atom. The summed E-state index contributed by atoms with van der Waals surface area (Å²) in [5, 5.41) is 22.7. The number of hydrogen-bond acceptors (Lipinski definition) is 5. The molecule has 6 aromatic rings. The molecule has 0 amide bonds. The van der Waals surface area contributed by atoms with Crippen molar-refractivity contribution in [3.63, 3.8) is 0 Å². The molecule has 4 aromatic carbocycles. The van der Waals surface area contributed by atoms with Gasteiger partial charge in [-0.05, 0) is 58.5 Å². The maximum atomic E-state index is 12.1. The summed E-state index contributed by atoms with van der Waals surface area (Å²) in [5.74, 6) is -0.0872. The van der Waals surface area contributed by atoms with E-state index in [2.05, 4.69) is 51.8 Å². The number of aryl methyl sites for hydroxylation is 1. The van der Waals surface area contributed by atoms with Crippen molar-refractivity contribution >= 4 is 5.97 Å². The average molecular weight is 568 g/mol. The molecule has 1 fully saturated rings. The first-order chi connectivity index (χ1) is 21.0. The highest BCUT2D eigenvalue weighted by molar-refractivity contribution is 5.89. The predicted molar refractivity (Wildman–Crippen MR) is 163 cm³/mol. The summed E-state index contributed by atoms with van der Waals surface area (Å²) in [6.07, 6.45) is 4.14. The topological polar surface area (TPSA) is 95.1 Å². The minimum Gasteiger partial charge on any atom is -0.489 e. The fourth-order valence-electron chi connectivity index (χ4n) is 5.62. The smallest absolute Gasteiger partial charge is 0.339 e. The van der Waals surface area contributed by atoms with Crippen LogP contribution in [0.4, 0.5) is 0 Å². The number of ether oxygens (including phenoxy) is 1. The van der Waals surface area contributed by atoms with Crippen LogP contribution in [0.3, 0.4) is 0 Å². The van der Waals surface area contributed by atoms with Gasteiger partial charge in [0.1, 0.15) is 17.9 Å². The quantitative estimate of drug-likeness (QED) is 0.205. The van der Waals surface area contributed by atoms with Crippen LogP contribution in [0, 0.1) is 0 Å². The Hall–Kier alpha value is -5.50. The Morgan fingerprint density at radius 2 is 1.58 bits per heavy atom. The van der Waals surface area contributed by atoms with E-state index < -0.39 is 5.97 Å². The molecular formula is C35H29N5O3. The van der Waals surface area contributed by atoms with Gasteiger partial charge in [-0.3, -0.25) is 4.68 Å². The third kappa shape index (κ3) is 5.42. The van der Waals surface area contributed by atoms with Crippen molar-refractivity contribution in [3.05, 3.63) is 138 Å². The van der Waals surface area contributed by atoms with Gasteiger partial charge in [0.2, 0.25) is 0 Å². The average Bonchev–Trinajstić information content (AvgIpc) is 3.49. The molecule has 0 spiro atoms. The van der Waals surface area contributed by atoms with Gasteiger partial charge in [-0.15, -0.1) is 5.10 Å². The first kappa shape index (κ1) is 26.4. The fraction of sp³-hybridized carbons (Fsp3) is 0.143. The number of carboxylic acid groups (broad SMARTS) is 1. The number of carboxylic acids is 1. The molecule has 0 saturated heterocycles. The maximum absolute atomic E-state index is 12.1. The van der Waals surface area contributed by atoms with Crippen molar-refractivity contribution in [2.75, 3.05) is 0 Å². The molecule has 2 aromatic heterocycles. The zero-order valence-electron chi connectivity index (χ0n) is 23.5. The molecule has 8 heteroatoms. The number of hydrogen-bond donors (Lipinski definition) is 1. The molecule has 7 rings (SSSR count). The lowest BCUT2D eigenvalue weighted by molar-refractivity contribution is 0.0695. The van der Waals surface area contributed by atoms with Gasteiger partial charge in [0.05, 0.1) is 23.3 Å². The number of nitrogens with zero attached hydrogens (tertiary/aromatic N) is 5. The van der Waals surface area contributed by atoms with E-state index in [-0.39, 0.29) is 17.4 Å². The van der Waals surface area contributed by atoms with Gasteiger partial charge < -0.3 is 9.84 Å². The van der Waals surface area contributed by atoms with Crippen LogP contribution in [0.1, 0.15) is 45.6 Å². The molecule has 0 radical (unpaired) electrons. The van der Waals surface area contributed by atoms with Gasteiger partial charge in [-0.2, -0.15) is 5.10 Å². The van der Waals surface area contributed by atoms with Crippen molar-refractivity contribution in [2.24, 2.45) is 7.05 Å². The Morgan fingerprint density at radius 3 is 2.33 bits per heavy atom. The minimum absolute atomic E-state index is 0.00689. The Labute approximate surface area is 248 Å². The zero-order chi connectivity index (χ0) is 29.3. The van der Waals surface area contributed by atoms with Crippen molar-refractivity contribution < 1.29 is 14.6 Å². The Balaban J connectivity index is 1.11. The van der Waals surface area contributed by atoms with Gasteiger partial charge in [-0.25, -0.2) is 9.48 Å². The first-order valence-corrected chi connectivity index (χ1v) is 14.2. The summed E-state index contributed by atoms with van der Waals surface area (Å²) < 4.78 is 9.59. The molecular weight excluding hydrogens is 538 g/mol. The van der Waals surface area contributed by atoms with E-state index in [0.717, 1.165) is 40.2 Å². The SMILES string of the molecule is Cn1cc([C@H]2CC2c2c(C(=O)O)cnn2-c2cccc(-c3cccc(OCc4ccc(-c5ccccc5)cc4)c3)c2)nn1. The van der Waals surface area contributed by atoms with E-state index in [4.69, 9.17) is 4.74 Å². The number of carbonyl (C=O) groups is 1. The van der Waals surface area contributed by atoms with E-state index in [0.29, 0.717) is 12.3 Å². The van der Waals surface area contributed by atoms with Gasteiger partial charge >= 0.3 is 5.97 Å². The lowest BCUT2D eigenvalue weighted by atomic mass is 10.0. The molecule has 1 saturated carbocycles. The number of aromatic carboxylic acids is 1. The van der Waals surface area contributed by atoms with E-state index in [9.17, 15) is 9.90 Å². The molecule has 2 atom stereocenters. The standard InChI is InChI=1S/C35H29N5O3/c1-39-21-33(37-38-39)30-19-31(30)34-32(35(41)42)20-36-40(34)28-11-5-9-26(17-28)27-10-6-12-29(18-27)43-22-23-13-15-25(16-14-23)24-7-3-2-4-8-24/h2-18,20-21,30-31H,19,22H2,1H3,(H,41,42)/t30-,31?/m0/s1. The maximum Gasteiger partial charge on any atom is 0.339 e. The summed E-state index contributed by atoms with van der Waals surface area (Å²) in [5.41, 5.74) is 8.01. The summed E-state index contributed by atoms with van der Waals surface area (Å²) >= 11 is 0. The number of rotatable bonds is 9. The lowest BCUT2D eigenvalue weighted by Crippen LogP contribution is -2.06. The molecule has 8 nitrogen and oxygen atoms in total. The van der Waals surface area contributed by atoms with Gasteiger partial charge in [0, 0.05) is 25.1 Å². The van der Waals surface area contributed by atoms with Crippen molar-refractivity contribution in [1.29, 1.82) is 0 Å². The summed E-state index contributed by atoms with van der Waals surface area (Å²) in [6.45, 7) is 0.460. The zero-order valence-corrected chi connectivity index (χ0v) is 23.5. The summed E-state index contributed by atoms with van der Waals surface area (Å²) in [6, 6.07) is 34.7. The Kier molecular flexibility index (Phi) is 6.79. The van der Waals surface area contributed by atoms with E-state index in [1.54, 1.807) is 9.36 Å². The fourth-order valence-corrected chi connectivity index (χ4v) is 5.62. The molecule has 212 valence electrons. The van der Waals surface area contributed by atoms with Crippen LogP contribution in [0.15, 0.2) is 116 Å². The second kappa shape index (κ2) is 11.1. The van der Waals surface area contributed by atoms with E-state index >= 15 is 0 Å².